The quantitative estimate of drug-likeness (QED) is 0.760. The van der Waals surface area contributed by atoms with Gasteiger partial charge in [0.1, 0.15) is 6.26 Å². The van der Waals surface area contributed by atoms with E-state index in [-0.39, 0.29) is 24.3 Å². The minimum absolute atomic E-state index is 0.00440. The summed E-state index contributed by atoms with van der Waals surface area (Å²) in [5, 5.41) is 6.22. The fraction of sp³-hybridized carbons (Fsp3) is 0.667. The van der Waals surface area contributed by atoms with Gasteiger partial charge in [-0.1, -0.05) is 31.8 Å². The highest BCUT2D eigenvalue weighted by atomic mass is 16.5. The molecule has 0 spiro atoms. The zero-order chi connectivity index (χ0) is 15.7. The van der Waals surface area contributed by atoms with E-state index in [1.54, 1.807) is 11.0 Å². The summed E-state index contributed by atoms with van der Waals surface area (Å²) >= 11 is 0. The van der Waals surface area contributed by atoms with Gasteiger partial charge in [0.15, 0.2) is 5.82 Å². The number of amides is 2. The highest BCUT2D eigenvalue weighted by Gasteiger charge is 2.23. The summed E-state index contributed by atoms with van der Waals surface area (Å²) < 4.78 is 4.65. The van der Waals surface area contributed by atoms with E-state index in [1.807, 2.05) is 13.8 Å². The smallest absolute Gasteiger partial charge is 0.245 e. The molecule has 21 heavy (non-hydrogen) atoms. The second-order valence-electron chi connectivity index (χ2n) is 5.03. The van der Waals surface area contributed by atoms with Crippen LogP contribution in [0.2, 0.25) is 0 Å². The van der Waals surface area contributed by atoms with Gasteiger partial charge in [0.25, 0.3) is 0 Å². The third-order valence-electron chi connectivity index (χ3n) is 3.48. The lowest BCUT2D eigenvalue weighted by Crippen LogP contribution is -2.41. The number of hydrogen-bond donors (Lipinski definition) is 1. The van der Waals surface area contributed by atoms with Crippen molar-refractivity contribution in [2.75, 3.05) is 18.4 Å². The van der Waals surface area contributed by atoms with E-state index in [0.717, 1.165) is 25.7 Å². The van der Waals surface area contributed by atoms with Crippen LogP contribution in [0.4, 0.5) is 5.82 Å². The molecule has 1 N–H and O–H groups in total. The van der Waals surface area contributed by atoms with Crippen LogP contribution < -0.4 is 5.32 Å². The summed E-state index contributed by atoms with van der Waals surface area (Å²) in [4.78, 5) is 26.0. The first kappa shape index (κ1) is 17.2. The molecule has 0 radical (unpaired) electrons. The Morgan fingerprint density at radius 2 is 2.14 bits per heavy atom. The second kappa shape index (κ2) is 9.15. The van der Waals surface area contributed by atoms with Crippen molar-refractivity contribution in [1.29, 1.82) is 0 Å². The molecular weight excluding hydrogens is 270 g/mol. The molecule has 1 unspecified atom stereocenters. The predicted molar refractivity (Wildman–Crippen MR) is 80.7 cm³/mol. The Morgan fingerprint density at radius 3 is 2.67 bits per heavy atom. The Balaban J connectivity index is 2.55. The summed E-state index contributed by atoms with van der Waals surface area (Å²) in [6, 6.07) is 1.56. The van der Waals surface area contributed by atoms with Gasteiger partial charge < -0.3 is 14.7 Å². The second-order valence-corrected chi connectivity index (χ2v) is 5.03. The number of anilines is 1. The van der Waals surface area contributed by atoms with Crippen LogP contribution in [-0.4, -0.2) is 35.0 Å². The van der Waals surface area contributed by atoms with Crippen molar-refractivity contribution in [2.24, 2.45) is 5.92 Å². The number of nitrogens with one attached hydrogen (secondary N) is 1. The first-order chi connectivity index (χ1) is 10.1. The van der Waals surface area contributed by atoms with Crippen molar-refractivity contribution in [3.8, 4) is 0 Å². The molecule has 0 aliphatic carbocycles. The van der Waals surface area contributed by atoms with Crippen LogP contribution in [0.15, 0.2) is 16.9 Å². The highest BCUT2D eigenvalue weighted by Crippen LogP contribution is 2.16. The van der Waals surface area contributed by atoms with Crippen LogP contribution in [0, 0.1) is 5.92 Å². The average Bonchev–Trinajstić information content (AvgIpc) is 2.98. The van der Waals surface area contributed by atoms with E-state index in [0.29, 0.717) is 12.4 Å². The number of hydrogen-bond acceptors (Lipinski definition) is 4. The Kier molecular flexibility index (Phi) is 7.50. The molecule has 2 amide bonds. The van der Waals surface area contributed by atoms with Gasteiger partial charge in [-0.3, -0.25) is 9.59 Å². The summed E-state index contributed by atoms with van der Waals surface area (Å²) in [5.41, 5.74) is 0. The van der Waals surface area contributed by atoms with E-state index < -0.39 is 0 Å². The van der Waals surface area contributed by atoms with Gasteiger partial charge in [-0.05, 0) is 19.8 Å². The maximum Gasteiger partial charge on any atom is 0.245 e. The van der Waals surface area contributed by atoms with Gasteiger partial charge in [-0.25, -0.2) is 0 Å². The topological polar surface area (TPSA) is 75.4 Å². The largest absolute Gasteiger partial charge is 0.363 e. The summed E-state index contributed by atoms with van der Waals surface area (Å²) in [6.45, 7) is 6.58. The highest BCUT2D eigenvalue weighted by molar-refractivity contribution is 5.94. The van der Waals surface area contributed by atoms with Gasteiger partial charge >= 0.3 is 0 Å². The third kappa shape index (κ3) is 5.57. The van der Waals surface area contributed by atoms with Crippen LogP contribution in [0.1, 0.15) is 46.5 Å². The van der Waals surface area contributed by atoms with Gasteiger partial charge in [0.05, 0.1) is 6.54 Å². The molecule has 1 atom stereocenters. The molecule has 0 aromatic carbocycles. The van der Waals surface area contributed by atoms with Gasteiger partial charge in [-0.15, -0.1) is 0 Å². The number of nitrogens with zero attached hydrogens (tertiary/aromatic N) is 2. The monoisotopic (exact) mass is 295 g/mol. The minimum atomic E-state index is -0.260. The van der Waals surface area contributed by atoms with Crippen molar-refractivity contribution in [3.05, 3.63) is 12.3 Å². The SMILES string of the molecule is CCCCC(CC)C(=O)N(CC)CC(=O)Nc1ccon1. The molecule has 0 aliphatic rings. The van der Waals surface area contributed by atoms with Gasteiger partial charge in [-0.2, -0.15) is 0 Å². The minimum Gasteiger partial charge on any atom is -0.363 e. The molecule has 1 aromatic rings. The van der Waals surface area contributed by atoms with E-state index in [2.05, 4.69) is 21.9 Å². The predicted octanol–water partition coefficient (Wildman–Crippen LogP) is 2.68. The molecule has 0 saturated carbocycles. The molecule has 1 rings (SSSR count). The van der Waals surface area contributed by atoms with Crippen LogP contribution in [-0.2, 0) is 9.59 Å². The Bertz CT molecular complexity index is 431. The lowest BCUT2D eigenvalue weighted by atomic mass is 9.97. The Morgan fingerprint density at radius 1 is 1.38 bits per heavy atom. The summed E-state index contributed by atoms with van der Waals surface area (Å²) in [5.74, 6) is 0.166. The molecule has 1 aromatic heterocycles. The summed E-state index contributed by atoms with van der Waals surface area (Å²) in [6.07, 6.45) is 5.18. The molecule has 6 heteroatoms. The van der Waals surface area contributed by atoms with Crippen molar-refractivity contribution in [1.82, 2.24) is 10.1 Å². The van der Waals surface area contributed by atoms with Crippen LogP contribution in [0.5, 0.6) is 0 Å². The van der Waals surface area contributed by atoms with Gasteiger partial charge in [0, 0.05) is 18.5 Å². The number of likely N-dealkylation sites (N-methyl/N-ethyl adjacent to an activating group) is 1. The van der Waals surface area contributed by atoms with E-state index in [4.69, 9.17) is 0 Å². The van der Waals surface area contributed by atoms with Crippen molar-refractivity contribution < 1.29 is 14.1 Å². The Hall–Kier alpha value is -1.85. The van der Waals surface area contributed by atoms with Crippen molar-refractivity contribution in [2.45, 2.75) is 46.5 Å². The number of carbonyl (C=O) groups is 2. The molecule has 0 saturated heterocycles. The fourth-order valence-corrected chi connectivity index (χ4v) is 2.19. The number of unbranched alkanes of at least 4 members (excludes halogenated alkanes) is 1. The first-order valence-electron chi connectivity index (χ1n) is 7.61. The van der Waals surface area contributed by atoms with E-state index in [9.17, 15) is 9.59 Å². The average molecular weight is 295 g/mol. The lowest BCUT2D eigenvalue weighted by molar-refractivity contribution is -0.138. The summed E-state index contributed by atoms with van der Waals surface area (Å²) in [7, 11) is 0. The molecule has 6 nitrogen and oxygen atoms in total. The maximum atomic E-state index is 12.5. The third-order valence-corrected chi connectivity index (χ3v) is 3.48. The maximum absolute atomic E-state index is 12.5. The van der Waals surface area contributed by atoms with Gasteiger partial charge in [0.2, 0.25) is 11.8 Å². The number of rotatable bonds is 9. The standard InChI is InChI=1S/C15H25N3O3/c1-4-7-8-12(5-2)15(20)18(6-3)11-14(19)16-13-9-10-21-17-13/h9-10,12H,4-8,11H2,1-3H3,(H,16,17,19). The molecule has 0 fully saturated rings. The van der Waals surface area contributed by atoms with Crippen LogP contribution in [0.25, 0.3) is 0 Å². The fourth-order valence-electron chi connectivity index (χ4n) is 2.19. The normalized spacial score (nSPS) is 12.0. The zero-order valence-corrected chi connectivity index (χ0v) is 13.1. The molecule has 1 heterocycles. The molecular formula is C15H25N3O3. The molecule has 0 bridgehead atoms. The zero-order valence-electron chi connectivity index (χ0n) is 13.1. The van der Waals surface area contributed by atoms with E-state index in [1.165, 1.54) is 6.26 Å². The van der Waals surface area contributed by atoms with Crippen LogP contribution >= 0.6 is 0 Å². The first-order valence-corrected chi connectivity index (χ1v) is 7.61. The van der Waals surface area contributed by atoms with Crippen LogP contribution in [0.3, 0.4) is 0 Å². The lowest BCUT2D eigenvalue weighted by Gasteiger charge is -2.25. The van der Waals surface area contributed by atoms with Crippen molar-refractivity contribution >= 4 is 17.6 Å². The number of carbonyl (C=O) groups excluding carboxylic acids is 2. The Labute approximate surface area is 125 Å². The molecule has 0 aliphatic heterocycles. The number of aromatic nitrogens is 1. The van der Waals surface area contributed by atoms with Crippen molar-refractivity contribution in [3.63, 3.8) is 0 Å². The molecule has 118 valence electrons. The van der Waals surface area contributed by atoms with E-state index >= 15 is 0 Å².